The van der Waals surface area contributed by atoms with Crippen molar-refractivity contribution in [3.63, 3.8) is 0 Å². The lowest BCUT2D eigenvalue weighted by Gasteiger charge is -2.28. The molecule has 3 rings (SSSR count). The van der Waals surface area contributed by atoms with Crippen LogP contribution in [0, 0.1) is 0 Å². The van der Waals surface area contributed by atoms with Crippen LogP contribution in [0.2, 0.25) is 0 Å². The topological polar surface area (TPSA) is 41.6 Å². The Balaban J connectivity index is 1.82. The number of benzene rings is 1. The van der Waals surface area contributed by atoms with E-state index in [1.54, 1.807) is 11.3 Å². The number of carbonyl (C=O) groups excluding carboxylic acids is 1. The molecule has 2 aromatic rings. The van der Waals surface area contributed by atoms with Crippen LogP contribution in [0.4, 0.5) is 5.00 Å². The van der Waals surface area contributed by atoms with Crippen molar-refractivity contribution >= 4 is 22.2 Å². The van der Waals surface area contributed by atoms with E-state index in [0.29, 0.717) is 0 Å². The summed E-state index contributed by atoms with van der Waals surface area (Å²) in [5.41, 5.74) is 2.30. The zero-order valence-electron chi connectivity index (χ0n) is 14.8. The Hall–Kier alpha value is -1.85. The number of carbonyl (C=O) groups is 1. The number of nitrogens with zero attached hydrogens (tertiary/aromatic N) is 1. The van der Waals surface area contributed by atoms with Gasteiger partial charge in [0.25, 0.3) is 5.91 Å². The molecule has 0 saturated carbocycles. The number of anilines is 1. The van der Waals surface area contributed by atoms with E-state index in [1.807, 2.05) is 24.3 Å². The second kappa shape index (κ2) is 9.02. The standard InChI is InChI=1S/C20H26N2O2S/c1-2-3-7-10-21-19(23)18-15-17(16-8-5-4-6-9-16)20(25-18)22-11-13-24-14-12-22/h4-6,8-9,15H,2-3,7,10-14H2,1H3,(H,21,23). The minimum absolute atomic E-state index is 0.0396. The molecular weight excluding hydrogens is 332 g/mol. The molecule has 1 fully saturated rings. The Bertz CT molecular complexity index is 678. The lowest BCUT2D eigenvalue weighted by molar-refractivity contribution is 0.0957. The normalized spacial score (nSPS) is 14.5. The number of amides is 1. The second-order valence-corrected chi connectivity index (χ2v) is 7.29. The number of hydrogen-bond acceptors (Lipinski definition) is 4. The summed E-state index contributed by atoms with van der Waals surface area (Å²) >= 11 is 1.59. The van der Waals surface area contributed by atoms with Gasteiger partial charge in [-0.2, -0.15) is 0 Å². The lowest BCUT2D eigenvalue weighted by atomic mass is 10.1. The van der Waals surface area contributed by atoms with Gasteiger partial charge in [0.05, 0.1) is 23.1 Å². The Kier molecular flexibility index (Phi) is 6.48. The molecule has 134 valence electrons. The third kappa shape index (κ3) is 4.61. The van der Waals surface area contributed by atoms with Crippen molar-refractivity contribution in [2.45, 2.75) is 26.2 Å². The van der Waals surface area contributed by atoms with Crippen LogP contribution in [0.5, 0.6) is 0 Å². The number of unbranched alkanes of at least 4 members (excludes halogenated alkanes) is 2. The van der Waals surface area contributed by atoms with Crippen LogP contribution < -0.4 is 10.2 Å². The van der Waals surface area contributed by atoms with Gasteiger partial charge in [0.15, 0.2) is 0 Å². The monoisotopic (exact) mass is 358 g/mol. The summed E-state index contributed by atoms with van der Waals surface area (Å²) in [5.74, 6) is 0.0396. The highest BCUT2D eigenvalue weighted by molar-refractivity contribution is 7.18. The summed E-state index contributed by atoms with van der Waals surface area (Å²) in [4.78, 5) is 15.7. The fourth-order valence-electron chi connectivity index (χ4n) is 2.98. The Morgan fingerprint density at radius 2 is 1.96 bits per heavy atom. The molecule has 1 N–H and O–H groups in total. The first-order valence-corrected chi connectivity index (χ1v) is 9.91. The van der Waals surface area contributed by atoms with E-state index in [-0.39, 0.29) is 5.91 Å². The van der Waals surface area contributed by atoms with Gasteiger partial charge in [0, 0.05) is 25.2 Å². The summed E-state index contributed by atoms with van der Waals surface area (Å²) < 4.78 is 5.48. The third-order valence-electron chi connectivity index (χ3n) is 4.39. The zero-order chi connectivity index (χ0) is 17.5. The Labute approximate surface area is 153 Å². The van der Waals surface area contributed by atoms with Crippen molar-refractivity contribution in [2.24, 2.45) is 0 Å². The van der Waals surface area contributed by atoms with E-state index in [4.69, 9.17) is 4.74 Å². The van der Waals surface area contributed by atoms with Crippen molar-refractivity contribution < 1.29 is 9.53 Å². The van der Waals surface area contributed by atoms with Gasteiger partial charge in [-0.1, -0.05) is 50.1 Å². The largest absolute Gasteiger partial charge is 0.378 e. The van der Waals surface area contributed by atoms with E-state index in [1.165, 1.54) is 5.00 Å². The smallest absolute Gasteiger partial charge is 0.261 e. The Morgan fingerprint density at radius 1 is 1.20 bits per heavy atom. The molecule has 4 nitrogen and oxygen atoms in total. The lowest BCUT2D eigenvalue weighted by Crippen LogP contribution is -2.35. The van der Waals surface area contributed by atoms with Crippen LogP contribution in [0.25, 0.3) is 11.1 Å². The first-order chi connectivity index (χ1) is 12.3. The van der Waals surface area contributed by atoms with Gasteiger partial charge in [0.2, 0.25) is 0 Å². The second-order valence-electron chi connectivity index (χ2n) is 6.26. The van der Waals surface area contributed by atoms with Gasteiger partial charge in [-0.15, -0.1) is 11.3 Å². The number of nitrogens with one attached hydrogen (secondary N) is 1. The molecule has 0 aliphatic carbocycles. The summed E-state index contributed by atoms with van der Waals surface area (Å²) in [7, 11) is 0. The quantitative estimate of drug-likeness (QED) is 0.755. The molecule has 1 aliphatic heterocycles. The Morgan fingerprint density at radius 3 is 2.68 bits per heavy atom. The summed E-state index contributed by atoms with van der Waals surface area (Å²) in [6.07, 6.45) is 3.35. The highest BCUT2D eigenvalue weighted by Gasteiger charge is 2.21. The highest BCUT2D eigenvalue weighted by atomic mass is 32.1. The fourth-order valence-corrected chi connectivity index (χ4v) is 4.13. The van der Waals surface area contributed by atoms with E-state index in [0.717, 1.165) is 68.1 Å². The van der Waals surface area contributed by atoms with Crippen LogP contribution in [-0.4, -0.2) is 38.8 Å². The van der Waals surface area contributed by atoms with E-state index >= 15 is 0 Å². The molecule has 1 amide bonds. The van der Waals surface area contributed by atoms with Crippen molar-refractivity contribution in [2.75, 3.05) is 37.7 Å². The molecule has 0 unspecified atom stereocenters. The summed E-state index contributed by atoms with van der Waals surface area (Å²) in [6, 6.07) is 12.4. The van der Waals surface area contributed by atoms with Crippen LogP contribution >= 0.6 is 11.3 Å². The molecule has 0 spiro atoms. The van der Waals surface area contributed by atoms with Gasteiger partial charge in [0.1, 0.15) is 0 Å². The number of ether oxygens (including phenoxy) is 1. The maximum absolute atomic E-state index is 12.5. The van der Waals surface area contributed by atoms with E-state index < -0.39 is 0 Å². The molecule has 1 saturated heterocycles. The van der Waals surface area contributed by atoms with Crippen molar-refractivity contribution in [1.29, 1.82) is 0 Å². The molecule has 0 atom stereocenters. The first-order valence-electron chi connectivity index (χ1n) is 9.09. The average Bonchev–Trinajstić information content (AvgIpc) is 3.12. The molecule has 1 aliphatic rings. The van der Waals surface area contributed by atoms with Crippen LogP contribution in [0.1, 0.15) is 35.9 Å². The van der Waals surface area contributed by atoms with Gasteiger partial charge < -0.3 is 15.0 Å². The molecule has 1 aromatic carbocycles. The number of rotatable bonds is 7. The predicted molar refractivity (Wildman–Crippen MR) is 105 cm³/mol. The SMILES string of the molecule is CCCCCNC(=O)c1cc(-c2ccccc2)c(N2CCOCC2)s1. The summed E-state index contributed by atoms with van der Waals surface area (Å²) in [5, 5.41) is 4.23. The van der Waals surface area contributed by atoms with E-state index in [9.17, 15) is 4.79 Å². The maximum atomic E-state index is 12.5. The van der Waals surface area contributed by atoms with Crippen molar-refractivity contribution in [1.82, 2.24) is 5.32 Å². The number of thiophene rings is 1. The molecule has 0 radical (unpaired) electrons. The molecule has 25 heavy (non-hydrogen) atoms. The summed E-state index contributed by atoms with van der Waals surface area (Å²) in [6.45, 7) is 6.14. The van der Waals surface area contributed by atoms with Gasteiger partial charge in [-0.05, 0) is 18.1 Å². The molecule has 2 heterocycles. The minimum atomic E-state index is 0.0396. The molecule has 0 bridgehead atoms. The van der Waals surface area contributed by atoms with Crippen molar-refractivity contribution in [3.8, 4) is 11.1 Å². The van der Waals surface area contributed by atoms with Gasteiger partial charge in [-0.3, -0.25) is 4.79 Å². The predicted octanol–water partition coefficient (Wildman–Crippen LogP) is 4.17. The van der Waals surface area contributed by atoms with Crippen LogP contribution in [-0.2, 0) is 4.74 Å². The minimum Gasteiger partial charge on any atom is -0.378 e. The third-order valence-corrected chi connectivity index (χ3v) is 5.58. The zero-order valence-corrected chi connectivity index (χ0v) is 15.6. The fraction of sp³-hybridized carbons (Fsp3) is 0.450. The molecule has 5 heteroatoms. The van der Waals surface area contributed by atoms with Crippen LogP contribution in [0.15, 0.2) is 36.4 Å². The van der Waals surface area contributed by atoms with E-state index in [2.05, 4.69) is 29.3 Å². The van der Waals surface area contributed by atoms with Gasteiger partial charge >= 0.3 is 0 Å². The maximum Gasteiger partial charge on any atom is 0.261 e. The molecular formula is C20H26N2O2S. The highest BCUT2D eigenvalue weighted by Crippen LogP contribution is 2.39. The van der Waals surface area contributed by atoms with Gasteiger partial charge in [-0.25, -0.2) is 0 Å². The van der Waals surface area contributed by atoms with Crippen molar-refractivity contribution in [3.05, 3.63) is 41.3 Å². The molecule has 1 aromatic heterocycles. The first kappa shape index (κ1) is 18.0. The van der Waals surface area contributed by atoms with Crippen LogP contribution in [0.3, 0.4) is 0 Å². The number of hydrogen-bond donors (Lipinski definition) is 1. The number of morpholine rings is 1. The average molecular weight is 359 g/mol.